The maximum absolute atomic E-state index is 12.7. The Hall–Kier alpha value is -3.41. The lowest BCUT2D eigenvalue weighted by molar-refractivity contribution is 0.0779. The van der Waals surface area contributed by atoms with Crippen LogP contribution in [0.4, 0.5) is 17.2 Å². The number of nitrogens with zero attached hydrogens (tertiary/aromatic N) is 4. The van der Waals surface area contributed by atoms with Gasteiger partial charge in [-0.3, -0.25) is 4.79 Å². The summed E-state index contributed by atoms with van der Waals surface area (Å²) in [5, 5.41) is 3.27. The number of rotatable bonds is 6. The summed E-state index contributed by atoms with van der Waals surface area (Å²) >= 11 is 0. The highest BCUT2D eigenvalue weighted by Gasteiger charge is 2.15. The number of nitrogens with one attached hydrogen (secondary N) is 1. The summed E-state index contributed by atoms with van der Waals surface area (Å²) in [6.45, 7) is 2.78. The van der Waals surface area contributed by atoms with Gasteiger partial charge in [0.2, 0.25) is 0 Å². The Bertz CT molecular complexity index is 953. The van der Waals surface area contributed by atoms with Crippen molar-refractivity contribution in [1.29, 1.82) is 0 Å². The van der Waals surface area contributed by atoms with E-state index in [1.807, 2.05) is 42.5 Å². The molecule has 0 atom stereocenters. The highest BCUT2D eigenvalue weighted by atomic mass is 16.2. The predicted octanol–water partition coefficient (Wildman–Crippen LogP) is 4.09. The topological polar surface area (TPSA) is 61.4 Å². The summed E-state index contributed by atoms with van der Waals surface area (Å²) in [6.07, 6.45) is 3.94. The monoisotopic (exact) mass is 387 g/mol. The van der Waals surface area contributed by atoms with Crippen molar-refractivity contribution in [3.63, 3.8) is 0 Å². The molecule has 4 rings (SSSR count). The molecule has 6 heteroatoms. The third-order valence-electron chi connectivity index (χ3n) is 5.11. The van der Waals surface area contributed by atoms with Crippen LogP contribution in [0.15, 0.2) is 67.0 Å². The fraction of sp³-hybridized carbons (Fsp3) is 0.261. The highest BCUT2D eigenvalue weighted by molar-refractivity contribution is 5.92. The molecule has 6 nitrogen and oxygen atoms in total. The van der Waals surface area contributed by atoms with Gasteiger partial charge in [0, 0.05) is 44.1 Å². The van der Waals surface area contributed by atoms with Gasteiger partial charge in [0.15, 0.2) is 0 Å². The van der Waals surface area contributed by atoms with E-state index in [0.29, 0.717) is 18.1 Å². The van der Waals surface area contributed by atoms with Crippen molar-refractivity contribution in [3.05, 3.63) is 78.2 Å². The quantitative estimate of drug-likeness (QED) is 0.690. The van der Waals surface area contributed by atoms with Crippen LogP contribution in [0.25, 0.3) is 0 Å². The number of anilines is 3. The van der Waals surface area contributed by atoms with E-state index < -0.39 is 0 Å². The van der Waals surface area contributed by atoms with Crippen molar-refractivity contribution >= 4 is 23.1 Å². The molecule has 2 aromatic carbocycles. The second-order valence-corrected chi connectivity index (χ2v) is 7.30. The fourth-order valence-electron chi connectivity index (χ4n) is 3.55. The Labute approximate surface area is 171 Å². The van der Waals surface area contributed by atoms with Crippen LogP contribution in [0.5, 0.6) is 0 Å². The Balaban J connectivity index is 1.42. The Morgan fingerprint density at radius 2 is 1.76 bits per heavy atom. The number of hydrogen-bond donors (Lipinski definition) is 1. The van der Waals surface area contributed by atoms with Gasteiger partial charge in [-0.1, -0.05) is 30.3 Å². The second-order valence-electron chi connectivity index (χ2n) is 7.30. The number of benzene rings is 2. The number of hydrogen-bond acceptors (Lipinski definition) is 5. The van der Waals surface area contributed by atoms with Crippen LogP contribution in [-0.2, 0) is 6.54 Å². The first-order chi connectivity index (χ1) is 14.2. The summed E-state index contributed by atoms with van der Waals surface area (Å²) in [7, 11) is 1.78. The molecular weight excluding hydrogens is 362 g/mol. The molecule has 1 N–H and O–H groups in total. The molecule has 0 aliphatic carbocycles. The lowest BCUT2D eigenvalue weighted by Crippen LogP contribution is -2.27. The third-order valence-corrected chi connectivity index (χ3v) is 5.11. The molecule has 0 unspecified atom stereocenters. The van der Waals surface area contributed by atoms with Crippen LogP contribution in [0.3, 0.4) is 0 Å². The second kappa shape index (κ2) is 8.73. The molecule has 0 saturated carbocycles. The zero-order valence-corrected chi connectivity index (χ0v) is 16.6. The molecule has 29 heavy (non-hydrogen) atoms. The molecule has 0 bridgehead atoms. The first kappa shape index (κ1) is 18.9. The van der Waals surface area contributed by atoms with Crippen molar-refractivity contribution in [3.8, 4) is 0 Å². The maximum atomic E-state index is 12.7. The van der Waals surface area contributed by atoms with Crippen LogP contribution in [0, 0.1) is 0 Å². The Kier molecular flexibility index (Phi) is 5.70. The van der Waals surface area contributed by atoms with Gasteiger partial charge in [0.25, 0.3) is 5.91 Å². The number of carbonyl (C=O) groups is 1. The van der Waals surface area contributed by atoms with Crippen LogP contribution in [0.2, 0.25) is 0 Å². The van der Waals surface area contributed by atoms with Gasteiger partial charge in [-0.05, 0) is 42.7 Å². The van der Waals surface area contributed by atoms with E-state index in [1.165, 1.54) is 24.9 Å². The minimum atomic E-state index is -0.135. The summed E-state index contributed by atoms with van der Waals surface area (Å²) < 4.78 is 0. The van der Waals surface area contributed by atoms with Crippen molar-refractivity contribution in [2.24, 2.45) is 0 Å². The third kappa shape index (κ3) is 4.71. The van der Waals surface area contributed by atoms with Gasteiger partial charge in [0.05, 0.1) is 0 Å². The van der Waals surface area contributed by atoms with Gasteiger partial charge in [0.1, 0.15) is 17.8 Å². The Morgan fingerprint density at radius 1 is 1.03 bits per heavy atom. The van der Waals surface area contributed by atoms with Crippen LogP contribution in [0.1, 0.15) is 28.9 Å². The average Bonchev–Trinajstić information content (AvgIpc) is 3.29. The smallest absolute Gasteiger partial charge is 0.272 e. The van der Waals surface area contributed by atoms with E-state index in [9.17, 15) is 4.79 Å². The zero-order chi connectivity index (χ0) is 20.1. The van der Waals surface area contributed by atoms with Crippen molar-refractivity contribution in [2.45, 2.75) is 19.4 Å². The molecule has 1 aliphatic rings. The molecular formula is C23H25N5O. The minimum absolute atomic E-state index is 0.135. The van der Waals surface area contributed by atoms with Gasteiger partial charge in [-0.2, -0.15) is 0 Å². The minimum Gasteiger partial charge on any atom is -0.372 e. The van der Waals surface area contributed by atoms with Crippen LogP contribution in [-0.4, -0.2) is 40.9 Å². The van der Waals surface area contributed by atoms with Gasteiger partial charge in [-0.15, -0.1) is 0 Å². The molecule has 1 aliphatic heterocycles. The highest BCUT2D eigenvalue weighted by Crippen LogP contribution is 2.23. The molecule has 1 saturated heterocycles. The van der Waals surface area contributed by atoms with Crippen LogP contribution < -0.4 is 10.2 Å². The molecule has 1 fully saturated rings. The number of amides is 1. The van der Waals surface area contributed by atoms with E-state index >= 15 is 0 Å². The summed E-state index contributed by atoms with van der Waals surface area (Å²) in [6, 6.07) is 19.9. The van der Waals surface area contributed by atoms with Crippen molar-refractivity contribution < 1.29 is 4.79 Å². The lowest BCUT2D eigenvalue weighted by Gasteiger charge is -2.18. The van der Waals surface area contributed by atoms with Crippen LogP contribution >= 0.6 is 0 Å². The molecule has 2 heterocycles. The summed E-state index contributed by atoms with van der Waals surface area (Å²) in [4.78, 5) is 25.2. The van der Waals surface area contributed by atoms with E-state index in [4.69, 9.17) is 0 Å². The largest absolute Gasteiger partial charge is 0.372 e. The summed E-state index contributed by atoms with van der Waals surface area (Å²) in [5.74, 6) is 0.467. The van der Waals surface area contributed by atoms with E-state index in [0.717, 1.165) is 24.3 Å². The lowest BCUT2D eigenvalue weighted by atomic mass is 10.2. The normalized spacial score (nSPS) is 13.3. The predicted molar refractivity (Wildman–Crippen MR) is 115 cm³/mol. The standard InChI is InChI=1S/C23H25N5O/c1-27(16-18-7-3-2-4-8-18)23(29)21-15-22(25-17-24-21)26-19-9-11-20(12-10-19)28-13-5-6-14-28/h2-4,7-12,15,17H,5-6,13-14,16H2,1H3,(H,24,25,26). The molecule has 0 radical (unpaired) electrons. The number of carbonyl (C=O) groups excluding carboxylic acids is 1. The Morgan fingerprint density at radius 3 is 2.48 bits per heavy atom. The van der Waals surface area contributed by atoms with Crippen molar-refractivity contribution in [2.75, 3.05) is 30.4 Å². The molecule has 3 aromatic rings. The molecule has 1 aromatic heterocycles. The molecule has 148 valence electrons. The zero-order valence-electron chi connectivity index (χ0n) is 16.6. The average molecular weight is 387 g/mol. The first-order valence-corrected chi connectivity index (χ1v) is 9.92. The van der Waals surface area contributed by atoms with Gasteiger partial charge in [-0.25, -0.2) is 9.97 Å². The number of aromatic nitrogens is 2. The van der Waals surface area contributed by atoms with E-state index in [-0.39, 0.29) is 5.91 Å². The SMILES string of the molecule is CN(Cc1ccccc1)C(=O)c1cc(Nc2ccc(N3CCCC3)cc2)ncn1. The maximum Gasteiger partial charge on any atom is 0.272 e. The summed E-state index contributed by atoms with van der Waals surface area (Å²) in [5.41, 5.74) is 3.63. The molecule has 0 spiro atoms. The fourth-order valence-corrected chi connectivity index (χ4v) is 3.55. The molecule has 1 amide bonds. The van der Waals surface area contributed by atoms with Gasteiger partial charge >= 0.3 is 0 Å². The van der Waals surface area contributed by atoms with Gasteiger partial charge < -0.3 is 15.1 Å². The first-order valence-electron chi connectivity index (χ1n) is 9.92. The van der Waals surface area contributed by atoms with E-state index in [2.05, 4.69) is 32.3 Å². The van der Waals surface area contributed by atoms with Crippen molar-refractivity contribution in [1.82, 2.24) is 14.9 Å². The van der Waals surface area contributed by atoms with E-state index in [1.54, 1.807) is 18.0 Å².